The highest BCUT2D eigenvalue weighted by atomic mass is 19.4. The average molecular weight is 613 g/mol. The molecule has 0 unspecified atom stereocenters. The van der Waals surface area contributed by atoms with Crippen molar-refractivity contribution in [1.82, 2.24) is 20.1 Å². The van der Waals surface area contributed by atoms with Crippen molar-refractivity contribution in [1.29, 1.82) is 0 Å². The van der Waals surface area contributed by atoms with Gasteiger partial charge in [-0.2, -0.15) is 31.4 Å². The summed E-state index contributed by atoms with van der Waals surface area (Å²) in [5, 5.41) is 7.77. The molecule has 0 spiro atoms. The van der Waals surface area contributed by atoms with E-state index in [1.807, 2.05) is 11.8 Å². The molecular formula is C27H26F6N6O4. The van der Waals surface area contributed by atoms with Gasteiger partial charge in [-0.3, -0.25) is 9.59 Å². The lowest BCUT2D eigenvalue weighted by molar-refractivity contribution is -0.138. The van der Waals surface area contributed by atoms with Gasteiger partial charge in [-0.05, 0) is 38.1 Å². The molecule has 0 aliphatic carbocycles. The summed E-state index contributed by atoms with van der Waals surface area (Å²) in [6, 6.07) is 6.54. The maximum Gasteiger partial charge on any atom is 0.423 e. The third-order valence-corrected chi connectivity index (χ3v) is 7.14. The number of carbonyl (C=O) groups excluding carboxylic acids is 1. The van der Waals surface area contributed by atoms with Crippen LogP contribution in [-0.4, -0.2) is 70.4 Å². The number of aromatic nitrogens is 3. The summed E-state index contributed by atoms with van der Waals surface area (Å²) in [5.41, 5.74) is -4.61. The van der Waals surface area contributed by atoms with Crippen LogP contribution in [0.25, 0.3) is 0 Å². The van der Waals surface area contributed by atoms with Crippen molar-refractivity contribution in [2.24, 2.45) is 0 Å². The summed E-state index contributed by atoms with van der Waals surface area (Å²) in [4.78, 5) is 32.6. The zero-order valence-corrected chi connectivity index (χ0v) is 22.8. The Labute approximate surface area is 240 Å². The van der Waals surface area contributed by atoms with E-state index in [2.05, 4.69) is 15.4 Å². The van der Waals surface area contributed by atoms with Crippen LogP contribution in [0.1, 0.15) is 35.3 Å². The standard InChI is InChI=1S/C27H26F6N6O4/c1-15(36-19-11-35-37-23(40)21(19)27(31,32)33)12-42-18-5-3-4-16(8-18)24(41)38-6-7-39-22-20(43-14-25(39,2)13-38)9-17(10-34-22)26(28,29)30/h3-5,8-11,15H,6-7,12-14H2,1-2H3,(H2,36,37,40)/t15-,25+/m0/s1. The van der Waals surface area contributed by atoms with Gasteiger partial charge in [0.05, 0.1) is 29.0 Å². The summed E-state index contributed by atoms with van der Waals surface area (Å²) >= 11 is 0. The van der Waals surface area contributed by atoms with Crippen LogP contribution in [0, 0.1) is 0 Å². The summed E-state index contributed by atoms with van der Waals surface area (Å²) < 4.78 is 90.7. The van der Waals surface area contributed by atoms with Crippen molar-refractivity contribution in [3.63, 3.8) is 0 Å². The van der Waals surface area contributed by atoms with Crippen LogP contribution in [0.5, 0.6) is 11.5 Å². The first-order valence-electron chi connectivity index (χ1n) is 13.1. The van der Waals surface area contributed by atoms with Crippen molar-refractivity contribution in [3.05, 3.63) is 69.8 Å². The first-order valence-corrected chi connectivity index (χ1v) is 13.1. The molecule has 2 aliphatic rings. The fourth-order valence-corrected chi connectivity index (χ4v) is 5.08. The second kappa shape index (κ2) is 11.0. The lowest BCUT2D eigenvalue weighted by Gasteiger charge is -2.51. The van der Waals surface area contributed by atoms with Gasteiger partial charge in [0.2, 0.25) is 0 Å². The molecule has 2 aliphatic heterocycles. The lowest BCUT2D eigenvalue weighted by Crippen LogP contribution is -2.66. The number of pyridine rings is 1. The predicted octanol–water partition coefficient (Wildman–Crippen LogP) is 4.20. The number of amides is 1. The number of nitrogens with zero attached hydrogens (tertiary/aromatic N) is 4. The molecule has 0 saturated carbocycles. The van der Waals surface area contributed by atoms with E-state index in [9.17, 15) is 35.9 Å². The van der Waals surface area contributed by atoms with Crippen molar-refractivity contribution in [2.75, 3.05) is 43.1 Å². The van der Waals surface area contributed by atoms with Gasteiger partial charge in [0.1, 0.15) is 24.5 Å². The Kier molecular flexibility index (Phi) is 7.64. The van der Waals surface area contributed by atoms with Gasteiger partial charge in [0.15, 0.2) is 11.6 Å². The van der Waals surface area contributed by atoms with E-state index in [0.717, 1.165) is 18.5 Å². The van der Waals surface area contributed by atoms with Gasteiger partial charge < -0.3 is 24.6 Å². The summed E-state index contributed by atoms with van der Waals surface area (Å²) in [6.45, 7) is 4.13. The van der Waals surface area contributed by atoms with E-state index in [1.165, 1.54) is 6.07 Å². The number of rotatable bonds is 6. The van der Waals surface area contributed by atoms with Gasteiger partial charge in [-0.15, -0.1) is 0 Å². The zero-order chi connectivity index (χ0) is 31.2. The monoisotopic (exact) mass is 612 g/mol. The minimum Gasteiger partial charge on any atom is -0.491 e. The van der Waals surface area contributed by atoms with Crippen LogP contribution >= 0.6 is 0 Å². The van der Waals surface area contributed by atoms with Crippen molar-refractivity contribution < 1.29 is 40.6 Å². The molecule has 16 heteroatoms. The van der Waals surface area contributed by atoms with Gasteiger partial charge in [0.25, 0.3) is 11.5 Å². The van der Waals surface area contributed by atoms with E-state index in [4.69, 9.17) is 9.47 Å². The number of alkyl halides is 6. The number of carbonyl (C=O) groups is 1. The summed E-state index contributed by atoms with van der Waals surface area (Å²) in [6.07, 6.45) is -7.82. The molecule has 3 aromatic rings. The molecule has 2 aromatic heterocycles. The van der Waals surface area contributed by atoms with E-state index in [1.54, 1.807) is 35.1 Å². The van der Waals surface area contributed by atoms with Gasteiger partial charge in [-0.25, -0.2) is 10.1 Å². The van der Waals surface area contributed by atoms with E-state index < -0.39 is 46.3 Å². The highest BCUT2D eigenvalue weighted by Gasteiger charge is 2.45. The maximum atomic E-state index is 13.4. The number of nitrogens with one attached hydrogen (secondary N) is 2. The summed E-state index contributed by atoms with van der Waals surface area (Å²) in [7, 11) is 0. The number of ether oxygens (including phenoxy) is 2. The summed E-state index contributed by atoms with van der Waals surface area (Å²) in [5.74, 6) is 0.299. The Morgan fingerprint density at radius 1 is 1.16 bits per heavy atom. The second-order valence-corrected chi connectivity index (χ2v) is 10.6. The van der Waals surface area contributed by atoms with Gasteiger partial charge >= 0.3 is 12.4 Å². The largest absolute Gasteiger partial charge is 0.491 e. The Hall–Kier alpha value is -4.50. The molecular weight excluding hydrogens is 586 g/mol. The van der Waals surface area contributed by atoms with Gasteiger partial charge in [0, 0.05) is 31.4 Å². The Morgan fingerprint density at radius 2 is 1.93 bits per heavy atom. The SMILES string of the molecule is C[C@@H](COc1cccc(C(=O)N2CCN3c4ncc(C(F)(F)F)cc4OC[C@@]3(C)C2)c1)Nc1cn[nH]c(=O)c1C(F)(F)F. The van der Waals surface area contributed by atoms with Crippen LogP contribution < -0.4 is 25.2 Å². The number of hydrogen-bond donors (Lipinski definition) is 2. The number of benzene rings is 1. The van der Waals surface area contributed by atoms with Crippen molar-refractivity contribution in [2.45, 2.75) is 37.8 Å². The van der Waals surface area contributed by atoms with E-state index in [-0.39, 0.29) is 43.8 Å². The zero-order valence-electron chi connectivity index (χ0n) is 22.8. The van der Waals surface area contributed by atoms with Gasteiger partial charge in [-0.1, -0.05) is 6.07 Å². The molecule has 4 heterocycles. The van der Waals surface area contributed by atoms with E-state index >= 15 is 0 Å². The molecule has 1 saturated heterocycles. The normalized spacial score (nSPS) is 19.2. The number of aromatic amines is 1. The molecule has 5 rings (SSSR count). The molecule has 2 atom stereocenters. The predicted molar refractivity (Wildman–Crippen MR) is 141 cm³/mol. The quantitative estimate of drug-likeness (QED) is 0.399. The highest BCUT2D eigenvalue weighted by molar-refractivity contribution is 5.95. The topological polar surface area (TPSA) is 113 Å². The van der Waals surface area contributed by atoms with Crippen molar-refractivity contribution >= 4 is 17.4 Å². The molecule has 1 aromatic carbocycles. The number of piperazine rings is 1. The lowest BCUT2D eigenvalue weighted by atomic mass is 9.94. The highest BCUT2D eigenvalue weighted by Crippen LogP contribution is 2.41. The number of hydrogen-bond acceptors (Lipinski definition) is 8. The fourth-order valence-electron chi connectivity index (χ4n) is 5.08. The first kappa shape index (κ1) is 30.0. The fraction of sp³-hybridized carbons (Fsp3) is 0.407. The maximum absolute atomic E-state index is 13.4. The Balaban J connectivity index is 1.23. The third kappa shape index (κ3) is 6.17. The molecule has 0 radical (unpaired) electrons. The second-order valence-electron chi connectivity index (χ2n) is 10.6. The minimum absolute atomic E-state index is 0.0330. The number of fused-ring (bicyclic) bond motifs is 3. The smallest absolute Gasteiger partial charge is 0.423 e. The third-order valence-electron chi connectivity index (χ3n) is 7.14. The Morgan fingerprint density at radius 3 is 2.65 bits per heavy atom. The average Bonchev–Trinajstić information content (AvgIpc) is 2.93. The molecule has 43 heavy (non-hydrogen) atoms. The Bertz CT molecular complexity index is 1580. The minimum atomic E-state index is -4.89. The van der Waals surface area contributed by atoms with Crippen molar-refractivity contribution in [3.8, 4) is 11.5 Å². The van der Waals surface area contributed by atoms with Crippen LogP contribution in [-0.2, 0) is 12.4 Å². The molecule has 2 N–H and O–H groups in total. The molecule has 1 fully saturated rings. The molecule has 1 amide bonds. The van der Waals surface area contributed by atoms with E-state index in [0.29, 0.717) is 17.9 Å². The molecule has 230 valence electrons. The first-order chi connectivity index (χ1) is 20.2. The number of anilines is 2. The molecule has 10 nitrogen and oxygen atoms in total. The van der Waals surface area contributed by atoms with Crippen LogP contribution in [0.4, 0.5) is 37.8 Å². The number of halogens is 6. The number of H-pyrrole nitrogens is 1. The molecule has 0 bridgehead atoms. The van der Waals surface area contributed by atoms with Crippen LogP contribution in [0.2, 0.25) is 0 Å². The van der Waals surface area contributed by atoms with Crippen LogP contribution in [0.15, 0.2) is 47.5 Å². The van der Waals surface area contributed by atoms with Crippen LogP contribution in [0.3, 0.4) is 0 Å².